The number of carbonyl (C=O) groups is 1. The summed E-state index contributed by atoms with van der Waals surface area (Å²) in [5, 5.41) is 0. The Morgan fingerprint density at radius 1 is 1.63 bits per heavy atom. The molecule has 1 aromatic carbocycles. The van der Waals surface area contributed by atoms with Crippen molar-refractivity contribution in [2.24, 2.45) is 5.73 Å². The van der Waals surface area contributed by atoms with E-state index in [9.17, 15) is 4.79 Å². The number of hydrogen-bond acceptors (Lipinski definition) is 4. The van der Waals surface area contributed by atoms with Crippen molar-refractivity contribution < 1.29 is 14.3 Å². The summed E-state index contributed by atoms with van der Waals surface area (Å²) in [6.07, 6.45) is -0.0482. The van der Waals surface area contributed by atoms with Crippen LogP contribution in [0.15, 0.2) is 18.2 Å². The third-order valence-electron chi connectivity index (χ3n) is 3.10. The number of rotatable bonds is 3. The molecule has 1 aliphatic rings. The second kappa shape index (κ2) is 5.59. The van der Waals surface area contributed by atoms with Gasteiger partial charge in [0, 0.05) is 7.11 Å². The smallest absolute Gasteiger partial charge is 0.246 e. The van der Waals surface area contributed by atoms with Gasteiger partial charge in [-0.3, -0.25) is 4.79 Å². The van der Waals surface area contributed by atoms with Crippen LogP contribution in [0.25, 0.3) is 0 Å². The lowest BCUT2D eigenvalue weighted by Crippen LogP contribution is -2.51. The highest BCUT2D eigenvalue weighted by Gasteiger charge is 2.30. The molecule has 0 aliphatic carbocycles. The van der Waals surface area contributed by atoms with Crippen molar-refractivity contribution in [3.8, 4) is 5.75 Å². The molecule has 2 unspecified atom stereocenters. The number of benzene rings is 1. The predicted molar refractivity (Wildman–Crippen MR) is 73.5 cm³/mol. The van der Waals surface area contributed by atoms with Crippen LogP contribution in [0.5, 0.6) is 5.75 Å². The summed E-state index contributed by atoms with van der Waals surface area (Å²) >= 11 is 0. The van der Waals surface area contributed by atoms with Crippen LogP contribution in [-0.2, 0) is 9.53 Å². The number of fused-ring (bicyclic) bond motifs is 1. The van der Waals surface area contributed by atoms with Crippen LogP contribution < -0.4 is 15.4 Å². The third kappa shape index (κ3) is 2.88. The molecule has 0 saturated carbocycles. The Kier molecular flexibility index (Phi) is 4.07. The van der Waals surface area contributed by atoms with E-state index in [-0.39, 0.29) is 18.6 Å². The molecule has 0 aromatic heterocycles. The maximum absolute atomic E-state index is 12.3. The number of methoxy groups -OCH3 is 1. The van der Waals surface area contributed by atoms with Crippen LogP contribution >= 0.6 is 0 Å². The minimum Gasteiger partial charge on any atom is -0.487 e. The van der Waals surface area contributed by atoms with Crippen LogP contribution in [0.3, 0.4) is 0 Å². The summed E-state index contributed by atoms with van der Waals surface area (Å²) in [4.78, 5) is 14.0. The number of hydrogen-bond donors (Lipinski definition) is 1. The van der Waals surface area contributed by atoms with Crippen molar-refractivity contribution in [2.75, 3.05) is 25.2 Å². The highest BCUT2D eigenvalue weighted by atomic mass is 16.5. The molecule has 0 spiro atoms. The van der Waals surface area contributed by atoms with Gasteiger partial charge in [0.1, 0.15) is 17.9 Å². The Balaban J connectivity index is 2.30. The average molecular weight is 264 g/mol. The maximum atomic E-state index is 12.3. The molecule has 1 heterocycles. The molecule has 0 saturated heterocycles. The topological polar surface area (TPSA) is 64.8 Å². The Bertz CT molecular complexity index is 476. The number of anilines is 1. The van der Waals surface area contributed by atoms with Gasteiger partial charge in [-0.05, 0) is 31.5 Å². The molecule has 0 bridgehead atoms. The number of ether oxygens (including phenoxy) is 2. The number of nitrogens with zero attached hydrogens (tertiary/aromatic N) is 1. The highest BCUT2D eigenvalue weighted by Crippen LogP contribution is 2.34. The first kappa shape index (κ1) is 13.8. The lowest BCUT2D eigenvalue weighted by atomic mass is 10.1. The normalized spacial score (nSPS) is 19.6. The van der Waals surface area contributed by atoms with Gasteiger partial charge < -0.3 is 20.1 Å². The van der Waals surface area contributed by atoms with Crippen molar-refractivity contribution in [3.63, 3.8) is 0 Å². The van der Waals surface area contributed by atoms with Gasteiger partial charge in [0.2, 0.25) is 5.91 Å². The molecule has 104 valence electrons. The fourth-order valence-electron chi connectivity index (χ4n) is 2.21. The van der Waals surface area contributed by atoms with Crippen LogP contribution in [0.2, 0.25) is 0 Å². The molecule has 0 fully saturated rings. The first-order chi connectivity index (χ1) is 9.02. The molecule has 1 aliphatic heterocycles. The minimum atomic E-state index is -0.649. The van der Waals surface area contributed by atoms with E-state index in [1.807, 2.05) is 32.0 Å². The van der Waals surface area contributed by atoms with E-state index in [0.29, 0.717) is 6.54 Å². The van der Waals surface area contributed by atoms with Crippen molar-refractivity contribution in [1.29, 1.82) is 0 Å². The monoisotopic (exact) mass is 264 g/mol. The van der Waals surface area contributed by atoms with Crippen molar-refractivity contribution >= 4 is 11.6 Å². The van der Waals surface area contributed by atoms with Crippen molar-refractivity contribution in [3.05, 3.63) is 23.8 Å². The van der Waals surface area contributed by atoms with Crippen LogP contribution in [-0.4, -0.2) is 38.3 Å². The first-order valence-corrected chi connectivity index (χ1v) is 6.36. The molecular formula is C14H20N2O3. The summed E-state index contributed by atoms with van der Waals surface area (Å²) in [6, 6.07) is 5.14. The molecule has 19 heavy (non-hydrogen) atoms. The lowest BCUT2D eigenvalue weighted by molar-refractivity contribution is -0.121. The zero-order valence-electron chi connectivity index (χ0n) is 11.6. The summed E-state index contributed by atoms with van der Waals surface area (Å²) in [5.41, 5.74) is 7.71. The molecule has 0 radical (unpaired) electrons. The SMILES string of the molecule is COCC(N)C(=O)N1CC(C)Oc2cc(C)ccc21. The Labute approximate surface area is 113 Å². The summed E-state index contributed by atoms with van der Waals surface area (Å²) in [5.74, 6) is 0.596. The van der Waals surface area contributed by atoms with Gasteiger partial charge in [-0.15, -0.1) is 0 Å². The Morgan fingerprint density at radius 3 is 3.05 bits per heavy atom. The molecule has 1 aromatic rings. The number of amides is 1. The van der Waals surface area contributed by atoms with Crippen molar-refractivity contribution in [2.45, 2.75) is 26.0 Å². The average Bonchev–Trinajstić information content (AvgIpc) is 2.36. The predicted octanol–water partition coefficient (Wildman–Crippen LogP) is 1.08. The van der Waals surface area contributed by atoms with E-state index < -0.39 is 6.04 Å². The van der Waals surface area contributed by atoms with E-state index in [1.165, 1.54) is 7.11 Å². The fourth-order valence-corrected chi connectivity index (χ4v) is 2.21. The zero-order chi connectivity index (χ0) is 14.0. The molecule has 5 heteroatoms. The molecule has 2 rings (SSSR count). The second-order valence-corrected chi connectivity index (χ2v) is 4.91. The van der Waals surface area contributed by atoms with Gasteiger partial charge in [0.25, 0.3) is 0 Å². The van der Waals surface area contributed by atoms with Gasteiger partial charge >= 0.3 is 0 Å². The van der Waals surface area contributed by atoms with Gasteiger partial charge in [-0.2, -0.15) is 0 Å². The highest BCUT2D eigenvalue weighted by molar-refractivity contribution is 5.98. The Morgan fingerprint density at radius 2 is 2.37 bits per heavy atom. The van der Waals surface area contributed by atoms with E-state index in [4.69, 9.17) is 15.2 Å². The molecule has 2 N–H and O–H groups in total. The summed E-state index contributed by atoms with van der Waals surface area (Å²) < 4.78 is 10.7. The molecule has 1 amide bonds. The van der Waals surface area contributed by atoms with Gasteiger partial charge in [0.15, 0.2) is 0 Å². The van der Waals surface area contributed by atoms with Crippen LogP contribution in [0.4, 0.5) is 5.69 Å². The quantitative estimate of drug-likeness (QED) is 0.887. The van der Waals surface area contributed by atoms with E-state index in [2.05, 4.69) is 0 Å². The van der Waals surface area contributed by atoms with Gasteiger partial charge in [-0.25, -0.2) is 0 Å². The minimum absolute atomic E-state index is 0.0482. The maximum Gasteiger partial charge on any atom is 0.246 e. The molecule has 5 nitrogen and oxygen atoms in total. The number of nitrogens with two attached hydrogens (primary N) is 1. The van der Waals surface area contributed by atoms with Crippen LogP contribution in [0, 0.1) is 6.92 Å². The second-order valence-electron chi connectivity index (χ2n) is 4.91. The first-order valence-electron chi connectivity index (χ1n) is 6.36. The summed E-state index contributed by atoms with van der Waals surface area (Å²) in [6.45, 7) is 4.65. The fraction of sp³-hybridized carbons (Fsp3) is 0.500. The number of aryl methyl sites for hydroxylation is 1. The van der Waals surface area contributed by atoms with Crippen molar-refractivity contribution in [1.82, 2.24) is 0 Å². The summed E-state index contributed by atoms with van der Waals surface area (Å²) in [7, 11) is 1.53. The zero-order valence-corrected chi connectivity index (χ0v) is 11.6. The van der Waals surface area contributed by atoms with Crippen LogP contribution in [0.1, 0.15) is 12.5 Å². The number of carbonyl (C=O) groups excluding carboxylic acids is 1. The van der Waals surface area contributed by atoms with Gasteiger partial charge in [-0.1, -0.05) is 6.07 Å². The van der Waals surface area contributed by atoms with E-state index in [1.54, 1.807) is 4.90 Å². The third-order valence-corrected chi connectivity index (χ3v) is 3.10. The standard InChI is InChI=1S/C14H20N2O3/c1-9-4-5-12-13(6-9)19-10(2)7-16(12)14(17)11(15)8-18-3/h4-6,10-11H,7-8,15H2,1-3H3. The Hall–Kier alpha value is -1.59. The van der Waals surface area contributed by atoms with Gasteiger partial charge in [0.05, 0.1) is 18.8 Å². The molecule has 2 atom stereocenters. The largest absolute Gasteiger partial charge is 0.487 e. The lowest BCUT2D eigenvalue weighted by Gasteiger charge is -2.34. The van der Waals surface area contributed by atoms with E-state index in [0.717, 1.165) is 17.0 Å². The molecular weight excluding hydrogens is 244 g/mol. The van der Waals surface area contributed by atoms with E-state index >= 15 is 0 Å².